The molecule has 0 bridgehead atoms. The minimum absolute atomic E-state index is 0.903. The molecule has 0 radical (unpaired) electrons. The highest BCUT2D eigenvalue weighted by molar-refractivity contribution is 5.24. The number of hydrogen-bond donors (Lipinski definition) is 1. The molecule has 0 unspecified atom stereocenters. The van der Waals surface area contributed by atoms with Crippen LogP contribution in [-0.4, -0.2) is 26.1 Å². The van der Waals surface area contributed by atoms with Crippen molar-refractivity contribution < 1.29 is 0 Å². The van der Waals surface area contributed by atoms with Crippen molar-refractivity contribution in [2.24, 2.45) is 7.05 Å². The molecule has 0 aromatic carbocycles. The first-order chi connectivity index (χ1) is 9.63. The van der Waals surface area contributed by atoms with E-state index in [4.69, 9.17) is 0 Å². The highest BCUT2D eigenvalue weighted by atomic mass is 15.3. The minimum atomic E-state index is 0.903. The molecule has 0 atom stereocenters. The van der Waals surface area contributed by atoms with Crippen molar-refractivity contribution in [2.75, 3.05) is 6.54 Å². The quantitative estimate of drug-likeness (QED) is 0.786. The van der Waals surface area contributed by atoms with Crippen LogP contribution in [0.4, 0.5) is 0 Å². The zero-order valence-corrected chi connectivity index (χ0v) is 13.0. The van der Waals surface area contributed by atoms with Gasteiger partial charge in [0.2, 0.25) is 0 Å². The Morgan fingerprint density at radius 2 is 2.10 bits per heavy atom. The van der Waals surface area contributed by atoms with Gasteiger partial charge in [-0.05, 0) is 32.9 Å². The summed E-state index contributed by atoms with van der Waals surface area (Å²) >= 11 is 0. The van der Waals surface area contributed by atoms with Crippen LogP contribution in [0.25, 0.3) is 0 Å². The SMILES string of the molecule is CCCNCc1c(C)nn(CCc2ccnn2C)c1C. The van der Waals surface area contributed by atoms with E-state index in [1.165, 1.54) is 17.0 Å². The average molecular weight is 275 g/mol. The zero-order valence-electron chi connectivity index (χ0n) is 13.0. The first-order valence-corrected chi connectivity index (χ1v) is 7.34. The van der Waals surface area contributed by atoms with Gasteiger partial charge in [0, 0.05) is 49.7 Å². The molecule has 5 nitrogen and oxygen atoms in total. The fraction of sp³-hybridized carbons (Fsp3) is 0.600. The van der Waals surface area contributed by atoms with Crippen LogP contribution in [0.3, 0.4) is 0 Å². The van der Waals surface area contributed by atoms with E-state index in [1.807, 2.05) is 17.9 Å². The summed E-state index contributed by atoms with van der Waals surface area (Å²) in [6, 6.07) is 2.06. The van der Waals surface area contributed by atoms with Gasteiger partial charge < -0.3 is 5.32 Å². The van der Waals surface area contributed by atoms with Gasteiger partial charge in [-0.1, -0.05) is 6.92 Å². The Bertz CT molecular complexity index is 553. The Kier molecular flexibility index (Phi) is 4.95. The second kappa shape index (κ2) is 6.70. The fourth-order valence-corrected chi connectivity index (χ4v) is 2.46. The highest BCUT2D eigenvalue weighted by Gasteiger charge is 2.11. The molecule has 0 aliphatic heterocycles. The summed E-state index contributed by atoms with van der Waals surface area (Å²) in [4.78, 5) is 0. The van der Waals surface area contributed by atoms with Gasteiger partial charge in [-0.25, -0.2) is 0 Å². The summed E-state index contributed by atoms with van der Waals surface area (Å²) in [5, 5.41) is 12.3. The Morgan fingerprint density at radius 3 is 2.75 bits per heavy atom. The van der Waals surface area contributed by atoms with Gasteiger partial charge in [-0.2, -0.15) is 10.2 Å². The third-order valence-corrected chi connectivity index (χ3v) is 3.76. The third-order valence-electron chi connectivity index (χ3n) is 3.76. The van der Waals surface area contributed by atoms with Gasteiger partial charge in [0.05, 0.1) is 5.69 Å². The van der Waals surface area contributed by atoms with Crippen molar-refractivity contribution in [2.45, 2.75) is 46.7 Å². The largest absolute Gasteiger partial charge is 0.313 e. The van der Waals surface area contributed by atoms with Crippen molar-refractivity contribution in [1.82, 2.24) is 24.9 Å². The number of nitrogens with one attached hydrogen (secondary N) is 1. The minimum Gasteiger partial charge on any atom is -0.313 e. The Balaban J connectivity index is 2.02. The summed E-state index contributed by atoms with van der Waals surface area (Å²) in [5.74, 6) is 0. The Hall–Kier alpha value is -1.62. The molecule has 2 aromatic rings. The predicted octanol–water partition coefficient (Wildman–Crippen LogP) is 1.98. The van der Waals surface area contributed by atoms with Crippen LogP contribution in [0.2, 0.25) is 0 Å². The molecule has 5 heteroatoms. The monoisotopic (exact) mass is 275 g/mol. The molecule has 2 heterocycles. The maximum atomic E-state index is 4.67. The van der Waals surface area contributed by atoms with Crippen molar-refractivity contribution in [3.05, 3.63) is 34.9 Å². The standard InChI is InChI=1S/C15H25N5/c1-5-8-16-11-15-12(2)18-20(13(15)3)10-7-14-6-9-17-19(14)4/h6,9,16H,5,7-8,10-11H2,1-4H3. The highest BCUT2D eigenvalue weighted by Crippen LogP contribution is 2.13. The summed E-state index contributed by atoms with van der Waals surface area (Å²) in [7, 11) is 1.98. The first-order valence-electron chi connectivity index (χ1n) is 7.34. The summed E-state index contributed by atoms with van der Waals surface area (Å²) in [6.07, 6.45) is 3.96. The molecule has 0 saturated heterocycles. The number of nitrogens with zero attached hydrogens (tertiary/aromatic N) is 4. The molecule has 20 heavy (non-hydrogen) atoms. The molecule has 0 saturated carbocycles. The molecule has 2 rings (SSSR count). The third kappa shape index (κ3) is 3.28. The van der Waals surface area contributed by atoms with Crippen LogP contribution in [0, 0.1) is 13.8 Å². The van der Waals surface area contributed by atoms with Crippen LogP contribution in [-0.2, 0) is 26.6 Å². The average Bonchev–Trinajstić information content (AvgIpc) is 2.94. The lowest BCUT2D eigenvalue weighted by Crippen LogP contribution is -2.15. The summed E-state index contributed by atoms with van der Waals surface area (Å²) in [5.41, 5.74) is 4.98. The number of hydrogen-bond acceptors (Lipinski definition) is 3. The molecule has 0 aliphatic carbocycles. The normalized spacial score (nSPS) is 11.2. The smallest absolute Gasteiger partial charge is 0.0641 e. The molecule has 2 aromatic heterocycles. The van der Waals surface area contributed by atoms with E-state index in [1.54, 1.807) is 0 Å². The second-order valence-corrected chi connectivity index (χ2v) is 5.25. The first kappa shape index (κ1) is 14.8. The van der Waals surface area contributed by atoms with E-state index in [0.29, 0.717) is 0 Å². The van der Waals surface area contributed by atoms with E-state index in [9.17, 15) is 0 Å². The predicted molar refractivity (Wildman–Crippen MR) is 80.6 cm³/mol. The van der Waals surface area contributed by atoms with E-state index >= 15 is 0 Å². The van der Waals surface area contributed by atoms with Crippen LogP contribution >= 0.6 is 0 Å². The fourth-order valence-electron chi connectivity index (χ4n) is 2.46. The molecule has 1 N–H and O–H groups in total. The van der Waals surface area contributed by atoms with E-state index in [-0.39, 0.29) is 0 Å². The summed E-state index contributed by atoms with van der Waals surface area (Å²) < 4.78 is 4.04. The van der Waals surface area contributed by atoms with Crippen molar-refractivity contribution in [3.63, 3.8) is 0 Å². The van der Waals surface area contributed by atoms with Crippen LogP contribution in [0.1, 0.15) is 36.0 Å². The van der Waals surface area contributed by atoms with Gasteiger partial charge in [-0.15, -0.1) is 0 Å². The second-order valence-electron chi connectivity index (χ2n) is 5.25. The molecule has 0 amide bonds. The number of rotatable bonds is 7. The molecule has 0 aliphatic rings. The lowest BCUT2D eigenvalue weighted by Gasteiger charge is -2.07. The molecule has 0 fully saturated rings. The number of aryl methyl sites for hydroxylation is 4. The van der Waals surface area contributed by atoms with E-state index < -0.39 is 0 Å². The molecule has 0 spiro atoms. The zero-order chi connectivity index (χ0) is 14.5. The van der Waals surface area contributed by atoms with E-state index in [2.05, 4.69) is 47.0 Å². The maximum absolute atomic E-state index is 4.67. The van der Waals surface area contributed by atoms with Crippen molar-refractivity contribution in [1.29, 1.82) is 0 Å². The molecular weight excluding hydrogens is 250 g/mol. The van der Waals surface area contributed by atoms with E-state index in [0.717, 1.165) is 38.2 Å². The van der Waals surface area contributed by atoms with Crippen LogP contribution in [0.15, 0.2) is 12.3 Å². The van der Waals surface area contributed by atoms with Gasteiger partial charge in [0.25, 0.3) is 0 Å². The van der Waals surface area contributed by atoms with Crippen LogP contribution < -0.4 is 5.32 Å². The molecular formula is C15H25N5. The lowest BCUT2D eigenvalue weighted by molar-refractivity contribution is 0.569. The summed E-state index contributed by atoms with van der Waals surface area (Å²) in [6.45, 7) is 9.31. The van der Waals surface area contributed by atoms with Crippen molar-refractivity contribution >= 4 is 0 Å². The Labute approximate surface area is 121 Å². The maximum Gasteiger partial charge on any atom is 0.0641 e. The van der Waals surface area contributed by atoms with Gasteiger partial charge in [0.15, 0.2) is 0 Å². The Morgan fingerprint density at radius 1 is 1.30 bits per heavy atom. The van der Waals surface area contributed by atoms with Crippen molar-refractivity contribution in [3.8, 4) is 0 Å². The van der Waals surface area contributed by atoms with Gasteiger partial charge in [0.1, 0.15) is 0 Å². The number of aromatic nitrogens is 4. The lowest BCUT2D eigenvalue weighted by atomic mass is 10.2. The topological polar surface area (TPSA) is 47.7 Å². The van der Waals surface area contributed by atoms with Gasteiger partial charge >= 0.3 is 0 Å². The van der Waals surface area contributed by atoms with Crippen LogP contribution in [0.5, 0.6) is 0 Å². The molecule has 110 valence electrons. The van der Waals surface area contributed by atoms with Gasteiger partial charge in [-0.3, -0.25) is 9.36 Å².